The van der Waals surface area contributed by atoms with Crippen LogP contribution in [-0.4, -0.2) is 31.7 Å². The van der Waals surface area contributed by atoms with Gasteiger partial charge in [-0.15, -0.1) is 0 Å². The third-order valence-electron chi connectivity index (χ3n) is 2.94. The van der Waals surface area contributed by atoms with Crippen molar-refractivity contribution >= 4 is 39.1 Å². The van der Waals surface area contributed by atoms with E-state index in [0.717, 1.165) is 29.9 Å². The first-order chi connectivity index (χ1) is 10.3. The lowest BCUT2D eigenvalue weighted by Gasteiger charge is -2.06. The van der Waals surface area contributed by atoms with Crippen LogP contribution in [-0.2, 0) is 16.4 Å². The van der Waals surface area contributed by atoms with Crippen molar-refractivity contribution in [3.63, 3.8) is 0 Å². The zero-order valence-electron chi connectivity index (χ0n) is 12.5. The third kappa shape index (κ3) is 4.41. The molecule has 0 saturated heterocycles. The summed E-state index contributed by atoms with van der Waals surface area (Å²) in [7, 11) is -3.35. The number of hydrogen-bond acceptors (Lipinski definition) is 5. The quantitative estimate of drug-likeness (QED) is 0.852. The number of rotatable bonds is 6. The summed E-state index contributed by atoms with van der Waals surface area (Å²) in [6, 6.07) is 4.83. The van der Waals surface area contributed by atoms with Crippen LogP contribution in [0.15, 0.2) is 22.6 Å². The smallest absolute Gasteiger partial charge is 0.229 e. The lowest BCUT2D eigenvalue weighted by atomic mass is 10.2. The van der Waals surface area contributed by atoms with Crippen molar-refractivity contribution < 1.29 is 12.8 Å². The molecule has 0 amide bonds. The summed E-state index contributed by atoms with van der Waals surface area (Å²) in [5, 5.41) is 0.455. The maximum atomic E-state index is 11.3. The summed E-state index contributed by atoms with van der Waals surface area (Å²) < 4.78 is 30.7. The topological polar surface area (TPSA) is 72.2 Å². The van der Waals surface area contributed by atoms with Crippen molar-refractivity contribution in [1.82, 2.24) is 4.98 Å². The lowest BCUT2D eigenvalue weighted by Crippen LogP contribution is -2.09. The Hall–Kier alpha value is -1.18. The van der Waals surface area contributed by atoms with Crippen LogP contribution in [0, 0.1) is 6.92 Å². The fourth-order valence-corrected chi connectivity index (χ4v) is 3.09. The molecule has 0 aliphatic heterocycles. The Labute approximate surface area is 139 Å². The highest BCUT2D eigenvalue weighted by Gasteiger charge is 2.15. The zero-order chi connectivity index (χ0) is 16.3. The number of oxazole rings is 1. The fraction of sp³-hybridized carbons (Fsp3) is 0.357. The number of hydrogen-bond donors (Lipinski definition) is 1. The Kier molecular flexibility index (Phi) is 5.41. The van der Waals surface area contributed by atoms with Gasteiger partial charge in [0, 0.05) is 12.1 Å². The number of aromatic nitrogens is 1. The van der Waals surface area contributed by atoms with Gasteiger partial charge >= 0.3 is 0 Å². The van der Waals surface area contributed by atoms with Crippen LogP contribution in [0.3, 0.4) is 0 Å². The summed E-state index contributed by atoms with van der Waals surface area (Å²) in [5.41, 5.74) is 1.87. The molecule has 0 aliphatic carbocycles. The largest absolute Gasteiger partial charge is 0.441 e. The highest BCUT2D eigenvalue weighted by atomic mass is 35.5. The summed E-state index contributed by atoms with van der Waals surface area (Å²) in [6.45, 7) is 1.86. The van der Waals surface area contributed by atoms with Gasteiger partial charge in [-0.2, -0.15) is 11.8 Å². The molecule has 1 heterocycles. The molecule has 1 aromatic heterocycles. The number of benzene rings is 1. The number of sulfonamides is 1. The van der Waals surface area contributed by atoms with Crippen molar-refractivity contribution in [2.45, 2.75) is 13.3 Å². The molecular weight excluding hydrogens is 344 g/mol. The van der Waals surface area contributed by atoms with Crippen molar-refractivity contribution in [2.75, 3.05) is 23.0 Å². The average Bonchev–Trinajstić information content (AvgIpc) is 2.78. The number of halogens is 1. The van der Waals surface area contributed by atoms with Crippen LogP contribution < -0.4 is 4.72 Å². The molecule has 0 fully saturated rings. The zero-order valence-corrected chi connectivity index (χ0v) is 14.9. The Balaban J connectivity index is 2.37. The molecule has 0 bridgehead atoms. The van der Waals surface area contributed by atoms with E-state index in [2.05, 4.69) is 9.71 Å². The molecule has 0 atom stereocenters. The second-order valence-electron chi connectivity index (χ2n) is 4.83. The van der Waals surface area contributed by atoms with Gasteiger partial charge in [0.05, 0.1) is 22.5 Å². The molecule has 2 rings (SSSR count). The van der Waals surface area contributed by atoms with Gasteiger partial charge in [-0.1, -0.05) is 11.6 Å². The molecule has 8 heteroatoms. The van der Waals surface area contributed by atoms with E-state index < -0.39 is 10.0 Å². The highest BCUT2D eigenvalue weighted by molar-refractivity contribution is 7.98. The van der Waals surface area contributed by atoms with Crippen LogP contribution in [0.1, 0.15) is 11.5 Å². The van der Waals surface area contributed by atoms with Crippen molar-refractivity contribution in [3.05, 3.63) is 34.7 Å². The highest BCUT2D eigenvalue weighted by Crippen LogP contribution is 2.31. The van der Waals surface area contributed by atoms with Gasteiger partial charge in [-0.05, 0) is 37.1 Å². The van der Waals surface area contributed by atoms with Gasteiger partial charge in [0.25, 0.3) is 0 Å². The van der Waals surface area contributed by atoms with Crippen LogP contribution in [0.2, 0.25) is 5.02 Å². The van der Waals surface area contributed by atoms with E-state index in [4.69, 9.17) is 16.0 Å². The van der Waals surface area contributed by atoms with E-state index in [0.29, 0.717) is 22.2 Å². The Bertz CT molecular complexity index is 772. The first-order valence-electron chi connectivity index (χ1n) is 6.53. The minimum atomic E-state index is -3.35. The Morgan fingerprint density at radius 3 is 2.77 bits per heavy atom. The molecular formula is C14H17ClN2O3S2. The van der Waals surface area contributed by atoms with Crippen molar-refractivity contribution in [1.29, 1.82) is 0 Å². The number of nitrogens with one attached hydrogen (secondary N) is 1. The summed E-state index contributed by atoms with van der Waals surface area (Å²) >= 11 is 7.92. The maximum absolute atomic E-state index is 11.3. The van der Waals surface area contributed by atoms with Gasteiger partial charge in [0.1, 0.15) is 5.76 Å². The van der Waals surface area contributed by atoms with Crippen LogP contribution >= 0.6 is 23.4 Å². The average molecular weight is 361 g/mol. The molecule has 0 unspecified atom stereocenters. The standard InChI is InChI=1S/C14H17ClN2O3S2/c1-9-13(6-7-21-2)16-14(20-9)11-8-10(4-5-12(11)15)17-22(3,18)19/h4-5,8,17H,6-7H2,1-3H3. The molecule has 0 saturated carbocycles. The maximum Gasteiger partial charge on any atom is 0.229 e. The third-order valence-corrected chi connectivity index (χ3v) is 4.48. The van der Waals surface area contributed by atoms with Gasteiger partial charge in [-0.3, -0.25) is 4.72 Å². The van der Waals surface area contributed by atoms with Gasteiger partial charge in [0.15, 0.2) is 0 Å². The molecule has 0 spiro atoms. The second-order valence-corrected chi connectivity index (χ2v) is 7.97. The normalized spacial score (nSPS) is 11.6. The predicted octanol–water partition coefficient (Wildman–Crippen LogP) is 3.58. The first-order valence-corrected chi connectivity index (χ1v) is 10.2. The molecule has 1 N–H and O–H groups in total. The van der Waals surface area contributed by atoms with Crippen molar-refractivity contribution in [3.8, 4) is 11.5 Å². The summed E-state index contributed by atoms with van der Waals surface area (Å²) in [5.74, 6) is 2.10. The number of aryl methyl sites for hydroxylation is 2. The van der Waals surface area contributed by atoms with E-state index >= 15 is 0 Å². The van der Waals surface area contributed by atoms with E-state index in [-0.39, 0.29) is 0 Å². The summed E-state index contributed by atoms with van der Waals surface area (Å²) in [6.07, 6.45) is 3.94. The molecule has 0 aliphatic rings. The van der Waals surface area contributed by atoms with Gasteiger partial charge < -0.3 is 4.42 Å². The molecule has 2 aromatic rings. The summed E-state index contributed by atoms with van der Waals surface area (Å²) in [4.78, 5) is 4.47. The first kappa shape index (κ1) is 17.2. The van der Waals surface area contributed by atoms with Gasteiger partial charge in [-0.25, -0.2) is 13.4 Å². The van der Waals surface area contributed by atoms with Crippen LogP contribution in [0.5, 0.6) is 0 Å². The Morgan fingerprint density at radius 2 is 2.14 bits per heavy atom. The SMILES string of the molecule is CSCCc1nc(-c2cc(NS(C)(=O)=O)ccc2Cl)oc1C. The Morgan fingerprint density at radius 1 is 1.41 bits per heavy atom. The van der Waals surface area contributed by atoms with E-state index in [1.807, 2.05) is 13.2 Å². The molecule has 120 valence electrons. The molecule has 1 aromatic carbocycles. The van der Waals surface area contributed by atoms with E-state index in [1.54, 1.807) is 30.0 Å². The molecule has 5 nitrogen and oxygen atoms in total. The van der Waals surface area contributed by atoms with Gasteiger partial charge in [0.2, 0.25) is 15.9 Å². The second kappa shape index (κ2) is 6.93. The van der Waals surface area contributed by atoms with Crippen LogP contribution in [0.4, 0.5) is 5.69 Å². The number of thioether (sulfide) groups is 1. The van der Waals surface area contributed by atoms with Crippen LogP contribution in [0.25, 0.3) is 11.5 Å². The fourth-order valence-electron chi connectivity index (χ4n) is 1.94. The van der Waals surface area contributed by atoms with E-state index in [9.17, 15) is 8.42 Å². The van der Waals surface area contributed by atoms with Crippen molar-refractivity contribution in [2.24, 2.45) is 0 Å². The number of anilines is 1. The minimum absolute atomic E-state index is 0.399. The molecule has 22 heavy (non-hydrogen) atoms. The number of nitrogens with zero attached hydrogens (tertiary/aromatic N) is 1. The van der Waals surface area contributed by atoms with E-state index in [1.165, 1.54) is 0 Å². The molecule has 0 radical (unpaired) electrons. The predicted molar refractivity (Wildman–Crippen MR) is 92.2 cm³/mol. The minimum Gasteiger partial charge on any atom is -0.441 e. The lowest BCUT2D eigenvalue weighted by molar-refractivity contribution is 0.540. The monoisotopic (exact) mass is 360 g/mol.